The highest BCUT2D eigenvalue weighted by atomic mass is 16.6. The van der Waals surface area contributed by atoms with Gasteiger partial charge in [-0.05, 0) is 31.1 Å². The number of aromatic nitrogens is 1. The van der Waals surface area contributed by atoms with Crippen LogP contribution in [0.4, 0.5) is 5.69 Å². The van der Waals surface area contributed by atoms with E-state index >= 15 is 0 Å². The number of hydrogen-bond donors (Lipinski definition) is 1. The van der Waals surface area contributed by atoms with Crippen LogP contribution in [0.5, 0.6) is 0 Å². The number of rotatable bonds is 5. The Balaban J connectivity index is 2.08. The van der Waals surface area contributed by atoms with E-state index in [1.807, 2.05) is 37.3 Å². The van der Waals surface area contributed by atoms with Crippen molar-refractivity contribution in [2.45, 2.75) is 20.3 Å². The van der Waals surface area contributed by atoms with E-state index < -0.39 is 10.7 Å². The average molecular weight is 359 g/mol. The molecule has 0 aliphatic rings. The molecule has 0 unspecified atom stereocenters. The number of allylic oxidation sites excluding steroid dienone is 1. The highest BCUT2D eigenvalue weighted by Gasteiger charge is 2.20. The molecule has 0 atom stereocenters. The fourth-order valence-electron chi connectivity index (χ4n) is 3.16. The van der Waals surface area contributed by atoms with Crippen LogP contribution in [0.2, 0.25) is 0 Å². The number of nitriles is 1. The number of ketones is 1. The van der Waals surface area contributed by atoms with Crippen LogP contribution in [0.1, 0.15) is 34.1 Å². The van der Waals surface area contributed by atoms with Crippen LogP contribution in [0.3, 0.4) is 0 Å². The molecular formula is C21H17N3O3. The van der Waals surface area contributed by atoms with Crippen LogP contribution in [-0.2, 0) is 6.42 Å². The SMILES string of the molecule is CCc1ccc(/C=C(\C#N)C(=O)c2c(C)[nH]c3ccccc23)cc1[N+](=O)[O-]. The monoisotopic (exact) mass is 359 g/mol. The van der Waals surface area contributed by atoms with Gasteiger partial charge in [-0.25, -0.2) is 0 Å². The van der Waals surface area contributed by atoms with Crippen LogP contribution in [0.15, 0.2) is 48.0 Å². The summed E-state index contributed by atoms with van der Waals surface area (Å²) in [5.74, 6) is -0.408. The van der Waals surface area contributed by atoms with Gasteiger partial charge in [-0.1, -0.05) is 37.3 Å². The first-order valence-corrected chi connectivity index (χ1v) is 8.47. The molecule has 134 valence electrons. The molecule has 0 fully saturated rings. The van der Waals surface area contributed by atoms with Gasteiger partial charge in [0.2, 0.25) is 5.78 Å². The lowest BCUT2D eigenvalue weighted by molar-refractivity contribution is -0.385. The van der Waals surface area contributed by atoms with Crippen LogP contribution in [0, 0.1) is 28.4 Å². The van der Waals surface area contributed by atoms with E-state index in [1.165, 1.54) is 12.1 Å². The molecule has 27 heavy (non-hydrogen) atoms. The molecule has 0 bridgehead atoms. The van der Waals surface area contributed by atoms with Gasteiger partial charge in [0, 0.05) is 28.2 Å². The number of carbonyl (C=O) groups is 1. The van der Waals surface area contributed by atoms with Crippen LogP contribution in [0.25, 0.3) is 17.0 Å². The van der Waals surface area contributed by atoms with Gasteiger partial charge in [0.15, 0.2) is 0 Å². The van der Waals surface area contributed by atoms with E-state index in [0.29, 0.717) is 28.8 Å². The van der Waals surface area contributed by atoms with Crippen molar-refractivity contribution >= 4 is 28.4 Å². The molecule has 1 heterocycles. The van der Waals surface area contributed by atoms with Crippen molar-refractivity contribution in [2.75, 3.05) is 0 Å². The molecule has 6 heteroatoms. The Labute approximate surface area is 155 Å². The zero-order valence-corrected chi connectivity index (χ0v) is 14.9. The van der Waals surface area contributed by atoms with Crippen molar-refractivity contribution in [3.63, 3.8) is 0 Å². The van der Waals surface area contributed by atoms with E-state index in [-0.39, 0.29) is 11.3 Å². The highest BCUT2D eigenvalue weighted by Crippen LogP contribution is 2.26. The normalized spacial score (nSPS) is 11.4. The van der Waals surface area contributed by atoms with Crippen molar-refractivity contribution in [2.24, 2.45) is 0 Å². The number of hydrogen-bond acceptors (Lipinski definition) is 4. The number of nitro groups is 1. The number of fused-ring (bicyclic) bond motifs is 1. The van der Waals surface area contributed by atoms with Crippen molar-refractivity contribution in [3.8, 4) is 6.07 Å². The summed E-state index contributed by atoms with van der Waals surface area (Å²) in [6.45, 7) is 3.62. The summed E-state index contributed by atoms with van der Waals surface area (Å²) in [5, 5.41) is 21.5. The summed E-state index contributed by atoms with van der Waals surface area (Å²) in [5.41, 5.74) is 2.91. The lowest BCUT2D eigenvalue weighted by Gasteiger charge is -2.03. The topological polar surface area (TPSA) is 99.8 Å². The van der Waals surface area contributed by atoms with E-state index in [0.717, 1.165) is 10.9 Å². The van der Waals surface area contributed by atoms with Crippen molar-refractivity contribution in [1.29, 1.82) is 5.26 Å². The third kappa shape index (κ3) is 3.35. The van der Waals surface area contributed by atoms with Gasteiger partial charge < -0.3 is 4.98 Å². The van der Waals surface area contributed by atoms with Crippen LogP contribution < -0.4 is 0 Å². The van der Waals surface area contributed by atoms with Gasteiger partial charge in [-0.3, -0.25) is 14.9 Å². The minimum absolute atomic E-state index is 0.0146. The Morgan fingerprint density at radius 1 is 1.30 bits per heavy atom. The predicted molar refractivity (Wildman–Crippen MR) is 103 cm³/mol. The second-order valence-corrected chi connectivity index (χ2v) is 6.17. The fourth-order valence-corrected chi connectivity index (χ4v) is 3.16. The summed E-state index contributed by atoms with van der Waals surface area (Å²) in [7, 11) is 0. The molecular weight excluding hydrogens is 342 g/mol. The van der Waals surface area contributed by atoms with Crippen LogP contribution in [-0.4, -0.2) is 15.7 Å². The first-order chi connectivity index (χ1) is 13.0. The van der Waals surface area contributed by atoms with E-state index in [1.54, 1.807) is 19.1 Å². The van der Waals surface area contributed by atoms with Crippen LogP contribution >= 0.6 is 0 Å². The lowest BCUT2D eigenvalue weighted by Crippen LogP contribution is -2.03. The molecule has 3 aromatic rings. The minimum atomic E-state index is -0.451. The van der Waals surface area contributed by atoms with E-state index in [2.05, 4.69) is 4.98 Å². The molecule has 0 saturated carbocycles. The van der Waals surface area contributed by atoms with Crippen molar-refractivity contribution < 1.29 is 9.72 Å². The average Bonchev–Trinajstić information content (AvgIpc) is 3.00. The fraction of sp³-hybridized carbons (Fsp3) is 0.143. The Hall–Kier alpha value is -3.72. The zero-order valence-electron chi connectivity index (χ0n) is 14.9. The Morgan fingerprint density at radius 2 is 2.04 bits per heavy atom. The number of para-hydroxylation sites is 1. The summed E-state index contributed by atoms with van der Waals surface area (Å²) in [6, 6.07) is 14.0. The number of nitrogens with zero attached hydrogens (tertiary/aromatic N) is 2. The van der Waals surface area contributed by atoms with Gasteiger partial charge in [0.05, 0.1) is 10.5 Å². The quantitative estimate of drug-likeness (QED) is 0.234. The molecule has 3 rings (SSSR count). The molecule has 2 aromatic carbocycles. The number of carbonyl (C=O) groups excluding carboxylic acids is 1. The standard InChI is InChI=1S/C21H17N3O3/c1-3-15-9-8-14(11-19(15)24(26)27)10-16(12-22)21(25)20-13(2)23-18-7-5-4-6-17(18)20/h4-11,23H,3H2,1-2H3/b16-10+. The lowest BCUT2D eigenvalue weighted by atomic mass is 9.98. The summed E-state index contributed by atoms with van der Waals surface area (Å²) in [6.07, 6.45) is 1.93. The first-order valence-electron chi connectivity index (χ1n) is 8.47. The van der Waals surface area contributed by atoms with Crippen molar-refractivity contribution in [1.82, 2.24) is 4.98 Å². The number of nitrogens with one attached hydrogen (secondary N) is 1. The minimum Gasteiger partial charge on any atom is -0.358 e. The second-order valence-electron chi connectivity index (χ2n) is 6.17. The third-order valence-corrected chi connectivity index (χ3v) is 4.48. The van der Waals surface area contributed by atoms with Gasteiger partial charge in [0.1, 0.15) is 11.6 Å². The molecule has 0 aliphatic heterocycles. The number of Topliss-reactive ketones (excluding diaryl/α,β-unsaturated/α-hetero) is 1. The molecule has 6 nitrogen and oxygen atoms in total. The molecule has 0 radical (unpaired) electrons. The maximum Gasteiger partial charge on any atom is 0.273 e. The van der Waals surface area contributed by atoms with E-state index in [9.17, 15) is 20.2 Å². The largest absolute Gasteiger partial charge is 0.358 e. The number of aromatic amines is 1. The molecule has 0 saturated heterocycles. The zero-order chi connectivity index (χ0) is 19.6. The molecule has 0 aliphatic carbocycles. The highest BCUT2D eigenvalue weighted by molar-refractivity contribution is 6.20. The number of benzene rings is 2. The molecule has 1 N–H and O–H groups in total. The number of H-pyrrole nitrogens is 1. The molecule has 0 spiro atoms. The summed E-state index contributed by atoms with van der Waals surface area (Å²) < 4.78 is 0. The number of nitro benzene ring substituents is 1. The molecule has 1 aromatic heterocycles. The number of aryl methyl sites for hydroxylation is 2. The van der Waals surface area contributed by atoms with Crippen molar-refractivity contribution in [3.05, 3.63) is 80.5 Å². The Bertz CT molecular complexity index is 1130. The first kappa shape index (κ1) is 18.1. The van der Waals surface area contributed by atoms with Gasteiger partial charge >= 0.3 is 0 Å². The smallest absolute Gasteiger partial charge is 0.273 e. The third-order valence-electron chi connectivity index (χ3n) is 4.48. The van der Waals surface area contributed by atoms with Gasteiger partial charge in [0.25, 0.3) is 5.69 Å². The predicted octanol–water partition coefficient (Wildman–Crippen LogP) is 4.74. The summed E-state index contributed by atoms with van der Waals surface area (Å²) >= 11 is 0. The summed E-state index contributed by atoms with van der Waals surface area (Å²) in [4.78, 5) is 26.9. The Kier molecular flexibility index (Phi) is 4.86. The van der Waals surface area contributed by atoms with E-state index in [4.69, 9.17) is 0 Å². The second kappa shape index (κ2) is 7.26. The Morgan fingerprint density at radius 3 is 2.70 bits per heavy atom. The van der Waals surface area contributed by atoms with Gasteiger partial charge in [-0.15, -0.1) is 0 Å². The molecule has 0 amide bonds. The van der Waals surface area contributed by atoms with Gasteiger partial charge in [-0.2, -0.15) is 5.26 Å². The maximum atomic E-state index is 13.0. The maximum absolute atomic E-state index is 13.0.